The SMILES string of the molecule is COc1ccc(C(C)NC2CCC(=O)NC2=O)cc1F. The number of imide groups is 1. The molecule has 2 N–H and O–H groups in total. The number of rotatable bonds is 4. The lowest BCUT2D eigenvalue weighted by atomic mass is 10.0. The predicted octanol–water partition coefficient (Wildman–Crippen LogP) is 1.29. The molecule has 2 rings (SSSR count). The van der Waals surface area contributed by atoms with Crippen molar-refractivity contribution in [2.45, 2.75) is 31.8 Å². The molecule has 1 aliphatic heterocycles. The van der Waals surface area contributed by atoms with Crippen molar-refractivity contribution in [3.63, 3.8) is 0 Å². The molecule has 5 nitrogen and oxygen atoms in total. The number of amides is 2. The summed E-state index contributed by atoms with van der Waals surface area (Å²) in [5.74, 6) is -0.845. The maximum Gasteiger partial charge on any atom is 0.243 e. The van der Waals surface area contributed by atoms with Gasteiger partial charge in [0.05, 0.1) is 13.2 Å². The summed E-state index contributed by atoms with van der Waals surface area (Å²) in [5, 5.41) is 5.38. The van der Waals surface area contributed by atoms with E-state index in [4.69, 9.17) is 4.74 Å². The van der Waals surface area contributed by atoms with E-state index in [1.165, 1.54) is 13.2 Å². The molecule has 0 aliphatic carbocycles. The van der Waals surface area contributed by atoms with E-state index in [2.05, 4.69) is 10.6 Å². The van der Waals surface area contributed by atoms with E-state index < -0.39 is 11.9 Å². The lowest BCUT2D eigenvalue weighted by Gasteiger charge is -2.25. The van der Waals surface area contributed by atoms with Crippen molar-refractivity contribution < 1.29 is 18.7 Å². The van der Waals surface area contributed by atoms with Crippen molar-refractivity contribution in [2.75, 3.05) is 7.11 Å². The largest absolute Gasteiger partial charge is 0.494 e. The first-order valence-electron chi connectivity index (χ1n) is 6.44. The summed E-state index contributed by atoms with van der Waals surface area (Å²) >= 11 is 0. The smallest absolute Gasteiger partial charge is 0.243 e. The van der Waals surface area contributed by atoms with Gasteiger partial charge < -0.3 is 4.74 Å². The number of ether oxygens (including phenoxy) is 1. The Bertz CT molecular complexity index is 533. The quantitative estimate of drug-likeness (QED) is 0.816. The standard InChI is InChI=1S/C14H17FN2O3/c1-8(9-3-5-12(20-2)10(15)7-9)16-11-4-6-13(18)17-14(11)19/h3,5,7-8,11,16H,4,6H2,1-2H3,(H,17,18,19). The summed E-state index contributed by atoms with van der Waals surface area (Å²) in [6, 6.07) is 4.02. The Morgan fingerprint density at radius 1 is 1.45 bits per heavy atom. The fourth-order valence-corrected chi connectivity index (χ4v) is 2.20. The van der Waals surface area contributed by atoms with Crippen LogP contribution in [0.2, 0.25) is 0 Å². The molecule has 20 heavy (non-hydrogen) atoms. The average molecular weight is 280 g/mol. The molecular formula is C14H17FN2O3. The van der Waals surface area contributed by atoms with E-state index in [9.17, 15) is 14.0 Å². The molecule has 0 saturated carbocycles. The van der Waals surface area contributed by atoms with E-state index in [0.717, 1.165) is 0 Å². The van der Waals surface area contributed by atoms with E-state index in [1.54, 1.807) is 12.1 Å². The van der Waals surface area contributed by atoms with Gasteiger partial charge in [0.1, 0.15) is 0 Å². The van der Waals surface area contributed by atoms with Crippen molar-refractivity contribution in [1.29, 1.82) is 0 Å². The molecule has 1 heterocycles. The van der Waals surface area contributed by atoms with Gasteiger partial charge >= 0.3 is 0 Å². The number of nitrogens with one attached hydrogen (secondary N) is 2. The summed E-state index contributed by atoms with van der Waals surface area (Å²) in [7, 11) is 1.41. The Kier molecular flexibility index (Phi) is 4.34. The van der Waals surface area contributed by atoms with Crippen LogP contribution in [0.25, 0.3) is 0 Å². The van der Waals surface area contributed by atoms with E-state index in [1.807, 2.05) is 6.92 Å². The average Bonchev–Trinajstić information content (AvgIpc) is 2.41. The zero-order valence-corrected chi connectivity index (χ0v) is 11.4. The predicted molar refractivity (Wildman–Crippen MR) is 70.7 cm³/mol. The molecule has 108 valence electrons. The molecule has 2 amide bonds. The number of hydrogen-bond donors (Lipinski definition) is 2. The molecule has 1 fully saturated rings. The first-order valence-corrected chi connectivity index (χ1v) is 6.44. The first kappa shape index (κ1) is 14.5. The lowest BCUT2D eigenvalue weighted by molar-refractivity contribution is -0.134. The second-order valence-corrected chi connectivity index (χ2v) is 4.79. The third-order valence-electron chi connectivity index (χ3n) is 3.37. The minimum absolute atomic E-state index is 0.182. The Labute approximate surface area is 116 Å². The first-order chi connectivity index (χ1) is 9.51. The van der Waals surface area contributed by atoms with Gasteiger partial charge in [0.25, 0.3) is 0 Å². The zero-order chi connectivity index (χ0) is 14.7. The summed E-state index contributed by atoms with van der Waals surface area (Å²) in [6.45, 7) is 1.84. The van der Waals surface area contributed by atoms with Crippen LogP contribution in [0.15, 0.2) is 18.2 Å². The number of methoxy groups -OCH3 is 1. The normalized spacial score (nSPS) is 20.4. The van der Waals surface area contributed by atoms with Gasteiger partial charge in [-0.2, -0.15) is 0 Å². The van der Waals surface area contributed by atoms with Crippen molar-refractivity contribution in [1.82, 2.24) is 10.6 Å². The van der Waals surface area contributed by atoms with Gasteiger partial charge in [-0.3, -0.25) is 20.2 Å². The molecule has 0 aromatic heterocycles. The topological polar surface area (TPSA) is 67.4 Å². The van der Waals surface area contributed by atoms with E-state index >= 15 is 0 Å². The molecule has 0 bridgehead atoms. The molecule has 0 spiro atoms. The number of hydrogen-bond acceptors (Lipinski definition) is 4. The number of halogens is 1. The molecule has 6 heteroatoms. The minimum atomic E-state index is -0.443. The Morgan fingerprint density at radius 2 is 2.20 bits per heavy atom. The number of piperidine rings is 1. The van der Waals surface area contributed by atoms with Crippen LogP contribution in [0, 0.1) is 5.82 Å². The van der Waals surface area contributed by atoms with Crippen LogP contribution in [0.1, 0.15) is 31.4 Å². The van der Waals surface area contributed by atoms with Gasteiger partial charge in [0.15, 0.2) is 11.6 Å². The molecule has 2 unspecified atom stereocenters. The van der Waals surface area contributed by atoms with Gasteiger partial charge in [-0.1, -0.05) is 6.07 Å². The lowest BCUT2D eigenvalue weighted by Crippen LogP contribution is -2.51. The Balaban J connectivity index is 2.04. The highest BCUT2D eigenvalue weighted by Crippen LogP contribution is 2.22. The fraction of sp³-hybridized carbons (Fsp3) is 0.429. The third-order valence-corrected chi connectivity index (χ3v) is 3.37. The highest BCUT2D eigenvalue weighted by atomic mass is 19.1. The summed E-state index contributed by atoms with van der Waals surface area (Å²) in [6.07, 6.45) is 0.765. The van der Waals surface area contributed by atoms with Gasteiger partial charge in [0.2, 0.25) is 11.8 Å². The molecule has 1 aromatic rings. The van der Waals surface area contributed by atoms with Gasteiger partial charge in [-0.15, -0.1) is 0 Å². The van der Waals surface area contributed by atoms with E-state index in [-0.39, 0.29) is 23.6 Å². The minimum Gasteiger partial charge on any atom is -0.494 e. The Morgan fingerprint density at radius 3 is 2.80 bits per heavy atom. The highest BCUT2D eigenvalue weighted by Gasteiger charge is 2.27. The van der Waals surface area contributed by atoms with Gasteiger partial charge in [-0.05, 0) is 31.0 Å². The molecule has 2 atom stereocenters. The molecular weight excluding hydrogens is 263 g/mol. The van der Waals surface area contributed by atoms with Gasteiger partial charge in [0, 0.05) is 12.5 Å². The zero-order valence-electron chi connectivity index (χ0n) is 11.4. The number of carbonyl (C=O) groups is 2. The van der Waals surface area contributed by atoms with Gasteiger partial charge in [-0.25, -0.2) is 4.39 Å². The third kappa shape index (κ3) is 3.14. The number of benzene rings is 1. The van der Waals surface area contributed by atoms with Crippen LogP contribution >= 0.6 is 0 Å². The molecule has 1 aliphatic rings. The Hall–Kier alpha value is -1.95. The van der Waals surface area contributed by atoms with Crippen LogP contribution in [-0.4, -0.2) is 25.0 Å². The van der Waals surface area contributed by atoms with E-state index in [0.29, 0.717) is 18.4 Å². The fourth-order valence-electron chi connectivity index (χ4n) is 2.20. The van der Waals surface area contributed by atoms with Crippen molar-refractivity contribution in [2.24, 2.45) is 0 Å². The molecule has 1 saturated heterocycles. The summed E-state index contributed by atoms with van der Waals surface area (Å²) < 4.78 is 18.5. The second kappa shape index (κ2) is 6.00. The van der Waals surface area contributed by atoms with Crippen molar-refractivity contribution >= 4 is 11.8 Å². The monoisotopic (exact) mass is 280 g/mol. The summed E-state index contributed by atoms with van der Waals surface area (Å²) in [4.78, 5) is 22.7. The van der Waals surface area contributed by atoms with Crippen LogP contribution in [0.3, 0.4) is 0 Å². The van der Waals surface area contributed by atoms with Crippen LogP contribution < -0.4 is 15.4 Å². The van der Waals surface area contributed by atoms with Crippen molar-refractivity contribution in [3.8, 4) is 5.75 Å². The number of carbonyl (C=O) groups excluding carboxylic acids is 2. The van der Waals surface area contributed by atoms with Crippen molar-refractivity contribution in [3.05, 3.63) is 29.6 Å². The molecule has 1 aromatic carbocycles. The molecule has 0 radical (unpaired) electrons. The van der Waals surface area contributed by atoms with Crippen LogP contribution in [-0.2, 0) is 9.59 Å². The van der Waals surface area contributed by atoms with Crippen LogP contribution in [0.5, 0.6) is 5.75 Å². The maximum atomic E-state index is 13.6. The maximum absolute atomic E-state index is 13.6. The van der Waals surface area contributed by atoms with Crippen LogP contribution in [0.4, 0.5) is 4.39 Å². The highest BCUT2D eigenvalue weighted by molar-refractivity contribution is 6.00. The summed E-state index contributed by atoms with van der Waals surface area (Å²) in [5.41, 5.74) is 0.716. The second-order valence-electron chi connectivity index (χ2n) is 4.79.